The summed E-state index contributed by atoms with van der Waals surface area (Å²) >= 11 is 0. The monoisotopic (exact) mass is 477 g/mol. The molecular weight excluding hydrogens is 458 g/mol. The largest absolute Gasteiger partial charge is 0.482 e. The molecule has 0 atom stereocenters. The van der Waals surface area contributed by atoms with E-state index in [4.69, 9.17) is 9.15 Å². The number of nitro benzene ring substituents is 1. The van der Waals surface area contributed by atoms with Crippen LogP contribution in [-0.2, 0) is 22.7 Å². The van der Waals surface area contributed by atoms with E-state index in [1.165, 1.54) is 43.5 Å². The van der Waals surface area contributed by atoms with Crippen molar-refractivity contribution in [1.82, 2.24) is 10.2 Å². The topological polar surface area (TPSA) is 141 Å². The first-order chi connectivity index (χ1) is 16.9. The molecule has 1 saturated heterocycles. The summed E-state index contributed by atoms with van der Waals surface area (Å²) in [6.45, 7) is -0.0680. The number of benzene rings is 2. The second-order valence-corrected chi connectivity index (χ2v) is 7.40. The van der Waals surface area contributed by atoms with Crippen LogP contribution in [-0.4, -0.2) is 34.8 Å². The maximum absolute atomic E-state index is 12.7. The maximum Gasteiger partial charge on any atom is 0.373 e. The average Bonchev–Trinajstić information content (AvgIpc) is 3.43. The lowest BCUT2D eigenvalue weighted by molar-refractivity contribution is -0.386. The molecule has 3 aromatic rings. The molecule has 0 bridgehead atoms. The summed E-state index contributed by atoms with van der Waals surface area (Å²) in [7, 11) is 1.20. The molecule has 35 heavy (non-hydrogen) atoms. The van der Waals surface area contributed by atoms with Gasteiger partial charge in [0.05, 0.1) is 18.6 Å². The zero-order chi connectivity index (χ0) is 24.9. The Hall–Kier alpha value is -4.93. The highest BCUT2D eigenvalue weighted by atomic mass is 16.6. The Morgan fingerprint density at radius 2 is 1.91 bits per heavy atom. The number of nitro groups is 1. The van der Waals surface area contributed by atoms with Gasteiger partial charge in [-0.1, -0.05) is 36.4 Å². The minimum Gasteiger partial charge on any atom is -0.482 e. The van der Waals surface area contributed by atoms with Crippen LogP contribution in [0.15, 0.2) is 70.8 Å². The molecule has 1 aliphatic heterocycles. The van der Waals surface area contributed by atoms with Crippen molar-refractivity contribution < 1.29 is 33.2 Å². The van der Waals surface area contributed by atoms with E-state index >= 15 is 0 Å². The molecule has 0 aliphatic carbocycles. The standard InChI is InChI=1S/C24H19N3O8/c1-33-23(29)21-10-8-17(35-21)13-26-22(28)18(25-24(26)30)11-16-7-9-20(19(12-16)27(31)32)34-14-15-5-3-2-4-6-15/h2-12H,13-14H2,1H3,(H,25,30)/b18-11-. The highest BCUT2D eigenvalue weighted by molar-refractivity contribution is 6.13. The summed E-state index contributed by atoms with van der Waals surface area (Å²) in [6, 6.07) is 15.6. The molecule has 2 heterocycles. The Morgan fingerprint density at radius 3 is 2.63 bits per heavy atom. The van der Waals surface area contributed by atoms with Crippen molar-refractivity contribution in [3.8, 4) is 5.75 Å². The van der Waals surface area contributed by atoms with Gasteiger partial charge in [0.1, 0.15) is 18.1 Å². The number of amides is 3. The predicted octanol–water partition coefficient (Wildman–Crippen LogP) is 3.65. The van der Waals surface area contributed by atoms with E-state index in [9.17, 15) is 24.5 Å². The van der Waals surface area contributed by atoms with E-state index in [1.807, 2.05) is 30.3 Å². The maximum atomic E-state index is 12.7. The minimum atomic E-state index is -0.699. The number of rotatable bonds is 8. The Balaban J connectivity index is 1.50. The van der Waals surface area contributed by atoms with Crippen molar-refractivity contribution in [3.63, 3.8) is 0 Å². The van der Waals surface area contributed by atoms with Crippen LogP contribution in [0.5, 0.6) is 5.75 Å². The molecule has 178 valence electrons. The van der Waals surface area contributed by atoms with Gasteiger partial charge in [-0.2, -0.15) is 0 Å². The van der Waals surface area contributed by atoms with Crippen molar-refractivity contribution in [1.29, 1.82) is 0 Å². The quantitative estimate of drug-likeness (QED) is 0.170. The molecule has 0 radical (unpaired) electrons. The Labute approximate surface area is 198 Å². The predicted molar refractivity (Wildman–Crippen MR) is 121 cm³/mol. The summed E-state index contributed by atoms with van der Waals surface area (Å²) in [5.74, 6) is -1.13. The molecule has 4 rings (SSSR count). The molecular formula is C24H19N3O8. The number of hydrogen-bond donors (Lipinski definition) is 1. The molecule has 0 spiro atoms. The third kappa shape index (κ3) is 5.19. The number of ether oxygens (including phenoxy) is 2. The molecule has 11 nitrogen and oxygen atoms in total. The number of carbonyl (C=O) groups is 3. The smallest absolute Gasteiger partial charge is 0.373 e. The summed E-state index contributed by atoms with van der Waals surface area (Å²) < 4.78 is 15.5. The highest BCUT2D eigenvalue weighted by Crippen LogP contribution is 2.30. The van der Waals surface area contributed by atoms with Gasteiger partial charge < -0.3 is 19.2 Å². The van der Waals surface area contributed by atoms with Gasteiger partial charge in [0.2, 0.25) is 5.76 Å². The van der Waals surface area contributed by atoms with Crippen LogP contribution < -0.4 is 10.1 Å². The minimum absolute atomic E-state index is 0.0628. The second kappa shape index (κ2) is 9.91. The number of hydrogen-bond acceptors (Lipinski definition) is 8. The highest BCUT2D eigenvalue weighted by Gasteiger charge is 2.34. The molecule has 0 saturated carbocycles. The number of urea groups is 1. The van der Waals surface area contributed by atoms with E-state index in [1.54, 1.807) is 0 Å². The second-order valence-electron chi connectivity index (χ2n) is 7.40. The van der Waals surface area contributed by atoms with Gasteiger partial charge in [0.25, 0.3) is 5.91 Å². The average molecular weight is 477 g/mol. The van der Waals surface area contributed by atoms with Crippen molar-refractivity contribution in [3.05, 3.63) is 99.1 Å². The number of carbonyl (C=O) groups excluding carboxylic acids is 3. The fourth-order valence-corrected chi connectivity index (χ4v) is 3.34. The molecule has 0 unspecified atom stereocenters. The zero-order valence-corrected chi connectivity index (χ0v) is 18.4. The number of nitrogens with zero attached hydrogens (tertiary/aromatic N) is 2. The fraction of sp³-hybridized carbons (Fsp3) is 0.125. The van der Waals surface area contributed by atoms with Gasteiger partial charge in [-0.05, 0) is 35.4 Å². The van der Waals surface area contributed by atoms with E-state index < -0.39 is 22.8 Å². The van der Waals surface area contributed by atoms with Crippen LogP contribution in [0, 0.1) is 10.1 Å². The molecule has 2 aromatic carbocycles. The summed E-state index contributed by atoms with van der Waals surface area (Å²) in [5, 5.41) is 14.0. The van der Waals surface area contributed by atoms with Crippen LogP contribution >= 0.6 is 0 Å². The number of methoxy groups -OCH3 is 1. The van der Waals surface area contributed by atoms with Gasteiger partial charge in [0.15, 0.2) is 5.75 Å². The van der Waals surface area contributed by atoms with E-state index in [-0.39, 0.29) is 41.8 Å². The zero-order valence-electron chi connectivity index (χ0n) is 18.4. The first-order valence-corrected chi connectivity index (χ1v) is 10.3. The third-order valence-electron chi connectivity index (χ3n) is 5.05. The van der Waals surface area contributed by atoms with Gasteiger partial charge in [-0.15, -0.1) is 0 Å². The van der Waals surface area contributed by atoms with E-state index in [2.05, 4.69) is 10.1 Å². The molecule has 1 N–H and O–H groups in total. The fourth-order valence-electron chi connectivity index (χ4n) is 3.34. The summed E-state index contributed by atoms with van der Waals surface area (Å²) in [5.41, 5.74) is 0.819. The van der Waals surface area contributed by atoms with Crippen molar-refractivity contribution in [2.75, 3.05) is 7.11 Å². The van der Waals surface area contributed by atoms with E-state index in [0.29, 0.717) is 5.56 Å². The Morgan fingerprint density at radius 1 is 1.14 bits per heavy atom. The lowest BCUT2D eigenvalue weighted by Gasteiger charge is -2.09. The summed E-state index contributed by atoms with van der Waals surface area (Å²) in [6.07, 6.45) is 1.33. The lowest BCUT2D eigenvalue weighted by Crippen LogP contribution is -2.30. The first kappa shape index (κ1) is 23.2. The molecule has 3 amide bonds. The number of imide groups is 1. The normalized spacial score (nSPS) is 14.2. The van der Waals surface area contributed by atoms with Gasteiger partial charge in [0, 0.05) is 6.07 Å². The van der Waals surface area contributed by atoms with Crippen molar-refractivity contribution in [2.24, 2.45) is 0 Å². The van der Waals surface area contributed by atoms with Crippen LogP contribution in [0.3, 0.4) is 0 Å². The van der Waals surface area contributed by atoms with Gasteiger partial charge in [-0.3, -0.25) is 19.8 Å². The number of esters is 1. The third-order valence-corrected chi connectivity index (χ3v) is 5.05. The Bertz CT molecular complexity index is 1330. The van der Waals surface area contributed by atoms with Crippen LogP contribution in [0.1, 0.15) is 27.4 Å². The Kier molecular flexibility index (Phi) is 6.58. The number of furan rings is 1. The van der Waals surface area contributed by atoms with Crippen LogP contribution in [0.25, 0.3) is 6.08 Å². The molecule has 1 aromatic heterocycles. The van der Waals surface area contributed by atoms with Crippen molar-refractivity contribution >= 4 is 29.7 Å². The number of nitrogens with one attached hydrogen (secondary N) is 1. The van der Waals surface area contributed by atoms with Crippen LogP contribution in [0.4, 0.5) is 10.5 Å². The SMILES string of the molecule is COC(=O)c1ccc(CN2C(=O)N/C(=C\c3ccc(OCc4ccccc4)c([N+](=O)[O-])c3)C2=O)o1. The molecule has 11 heteroatoms. The van der Waals surface area contributed by atoms with Crippen molar-refractivity contribution in [2.45, 2.75) is 13.2 Å². The van der Waals surface area contributed by atoms with Gasteiger partial charge in [-0.25, -0.2) is 9.59 Å². The summed E-state index contributed by atoms with van der Waals surface area (Å²) in [4.78, 5) is 48.5. The van der Waals surface area contributed by atoms with E-state index in [0.717, 1.165) is 10.5 Å². The lowest BCUT2D eigenvalue weighted by atomic mass is 10.1. The molecule has 1 aliphatic rings. The van der Waals surface area contributed by atoms with Crippen LogP contribution in [0.2, 0.25) is 0 Å². The van der Waals surface area contributed by atoms with Gasteiger partial charge >= 0.3 is 17.7 Å². The first-order valence-electron chi connectivity index (χ1n) is 10.3. The molecule has 1 fully saturated rings.